The maximum Gasteiger partial charge on any atom is 0.316 e. The van der Waals surface area contributed by atoms with Gasteiger partial charge in [-0.25, -0.2) is 0 Å². The molecular weight excluding hydrogens is 364 g/mol. The second-order valence-electron chi connectivity index (χ2n) is 6.67. The number of hydrogen-bond donors (Lipinski definition) is 1. The van der Waals surface area contributed by atoms with Crippen molar-refractivity contribution in [1.29, 1.82) is 0 Å². The molecule has 0 bridgehead atoms. The fourth-order valence-corrected chi connectivity index (χ4v) is 4.24. The third-order valence-electron chi connectivity index (χ3n) is 4.72. The highest BCUT2D eigenvalue weighted by Crippen LogP contribution is 2.29. The van der Waals surface area contributed by atoms with Crippen LogP contribution in [-0.4, -0.2) is 29.4 Å². The second kappa shape index (κ2) is 9.08. The van der Waals surface area contributed by atoms with Crippen LogP contribution in [0.15, 0.2) is 28.8 Å². The smallest absolute Gasteiger partial charge is 0.316 e. The maximum atomic E-state index is 12.2. The van der Waals surface area contributed by atoms with Gasteiger partial charge in [-0.05, 0) is 44.2 Å². The summed E-state index contributed by atoms with van der Waals surface area (Å²) in [5, 5.41) is 6.87. The van der Waals surface area contributed by atoms with Crippen LogP contribution in [0.3, 0.4) is 0 Å². The average molecular weight is 388 g/mol. The molecule has 6 nitrogen and oxygen atoms in total. The lowest BCUT2D eigenvalue weighted by molar-refractivity contribution is -0.146. The standard InChI is InChI=1S/C20H24N2O4S/c1-13-17(14(2)26-22-13)11-27-12-20(24)25-10-19(23)21-18-9-5-7-15-6-3-4-8-16(15)18/h3-4,6,8,18H,5,7,9-12H2,1-2H3,(H,21,23)/t18-/m1/s1. The van der Waals surface area contributed by atoms with Gasteiger partial charge >= 0.3 is 5.97 Å². The molecule has 1 atom stereocenters. The molecule has 7 heteroatoms. The Hall–Kier alpha value is -2.28. The van der Waals surface area contributed by atoms with E-state index in [4.69, 9.17) is 9.26 Å². The zero-order valence-electron chi connectivity index (χ0n) is 15.6. The van der Waals surface area contributed by atoms with Gasteiger partial charge in [-0.3, -0.25) is 9.59 Å². The summed E-state index contributed by atoms with van der Waals surface area (Å²) in [5.41, 5.74) is 4.28. The molecule has 1 heterocycles. The molecule has 3 rings (SSSR count). The average Bonchev–Trinajstić information content (AvgIpc) is 2.99. The molecule has 0 fully saturated rings. The van der Waals surface area contributed by atoms with Crippen LogP contribution in [0.1, 0.15) is 47.0 Å². The van der Waals surface area contributed by atoms with E-state index in [0.717, 1.165) is 36.3 Å². The lowest BCUT2D eigenvalue weighted by Crippen LogP contribution is -2.34. The summed E-state index contributed by atoms with van der Waals surface area (Å²) in [6.07, 6.45) is 2.99. The molecule has 0 unspecified atom stereocenters. The van der Waals surface area contributed by atoms with Gasteiger partial charge in [0.15, 0.2) is 6.61 Å². The number of aromatic nitrogens is 1. The largest absolute Gasteiger partial charge is 0.455 e. The topological polar surface area (TPSA) is 81.4 Å². The molecule has 2 aromatic rings. The summed E-state index contributed by atoms with van der Waals surface area (Å²) in [6, 6.07) is 8.15. The molecule has 27 heavy (non-hydrogen) atoms. The van der Waals surface area contributed by atoms with Gasteiger partial charge in [-0.1, -0.05) is 29.4 Å². The van der Waals surface area contributed by atoms with Crippen molar-refractivity contribution in [2.75, 3.05) is 12.4 Å². The molecular formula is C20H24N2O4S. The van der Waals surface area contributed by atoms with Gasteiger partial charge in [0.05, 0.1) is 17.5 Å². The van der Waals surface area contributed by atoms with E-state index >= 15 is 0 Å². The summed E-state index contributed by atoms with van der Waals surface area (Å²) >= 11 is 1.42. The Balaban J connectivity index is 1.40. The fraction of sp³-hybridized carbons (Fsp3) is 0.450. The number of hydrogen-bond acceptors (Lipinski definition) is 6. The number of nitrogens with one attached hydrogen (secondary N) is 1. The monoisotopic (exact) mass is 388 g/mol. The number of carbonyl (C=O) groups excluding carboxylic acids is 2. The number of amides is 1. The molecule has 1 aromatic heterocycles. The quantitative estimate of drug-likeness (QED) is 0.733. The van der Waals surface area contributed by atoms with Crippen molar-refractivity contribution >= 4 is 23.6 Å². The minimum atomic E-state index is -0.397. The van der Waals surface area contributed by atoms with Crippen molar-refractivity contribution in [3.05, 3.63) is 52.4 Å². The van der Waals surface area contributed by atoms with Crippen molar-refractivity contribution in [2.24, 2.45) is 0 Å². The molecule has 0 spiro atoms. The van der Waals surface area contributed by atoms with Crippen LogP contribution in [-0.2, 0) is 26.5 Å². The van der Waals surface area contributed by atoms with Crippen LogP contribution in [0, 0.1) is 13.8 Å². The molecule has 1 aliphatic rings. The first-order valence-electron chi connectivity index (χ1n) is 9.07. The normalized spacial score (nSPS) is 15.9. The van der Waals surface area contributed by atoms with Crippen molar-refractivity contribution in [3.63, 3.8) is 0 Å². The second-order valence-corrected chi connectivity index (χ2v) is 7.65. The van der Waals surface area contributed by atoms with Crippen molar-refractivity contribution in [2.45, 2.75) is 44.9 Å². The van der Waals surface area contributed by atoms with Crippen molar-refractivity contribution in [1.82, 2.24) is 10.5 Å². The fourth-order valence-electron chi connectivity index (χ4n) is 3.27. The molecule has 0 aliphatic heterocycles. The van der Waals surface area contributed by atoms with Crippen LogP contribution >= 0.6 is 11.8 Å². The Morgan fingerprint density at radius 3 is 2.93 bits per heavy atom. The number of aryl methyl sites for hydroxylation is 3. The van der Waals surface area contributed by atoms with Gasteiger partial charge in [-0.2, -0.15) is 0 Å². The molecule has 0 radical (unpaired) electrons. The van der Waals surface area contributed by atoms with Gasteiger partial charge in [-0.15, -0.1) is 11.8 Å². The van der Waals surface area contributed by atoms with Gasteiger partial charge in [0.25, 0.3) is 5.91 Å². The lowest BCUT2D eigenvalue weighted by atomic mass is 9.88. The maximum absolute atomic E-state index is 12.2. The van der Waals surface area contributed by atoms with E-state index in [0.29, 0.717) is 5.75 Å². The molecule has 1 amide bonds. The lowest BCUT2D eigenvalue weighted by Gasteiger charge is -2.26. The molecule has 1 N–H and O–H groups in total. The Kier molecular flexibility index (Phi) is 6.55. The van der Waals surface area contributed by atoms with E-state index in [1.54, 1.807) is 0 Å². The zero-order valence-corrected chi connectivity index (χ0v) is 16.4. The molecule has 0 saturated heterocycles. The van der Waals surface area contributed by atoms with Gasteiger partial charge < -0.3 is 14.6 Å². The minimum absolute atomic E-state index is 0.00457. The molecule has 1 aromatic carbocycles. The van der Waals surface area contributed by atoms with E-state index in [9.17, 15) is 9.59 Å². The Bertz CT molecular complexity index is 799. The number of esters is 1. The van der Waals surface area contributed by atoms with Gasteiger partial charge in [0.1, 0.15) is 5.76 Å². The summed E-state index contributed by atoms with van der Waals surface area (Å²) in [7, 11) is 0. The minimum Gasteiger partial charge on any atom is -0.455 e. The van der Waals surface area contributed by atoms with Crippen LogP contribution in [0.4, 0.5) is 0 Å². The van der Waals surface area contributed by atoms with Crippen molar-refractivity contribution < 1.29 is 18.8 Å². The first-order valence-corrected chi connectivity index (χ1v) is 10.2. The van der Waals surface area contributed by atoms with Crippen LogP contribution in [0.25, 0.3) is 0 Å². The Morgan fingerprint density at radius 1 is 1.33 bits per heavy atom. The first kappa shape index (κ1) is 19.5. The van der Waals surface area contributed by atoms with Gasteiger partial charge in [0, 0.05) is 11.3 Å². The summed E-state index contributed by atoms with van der Waals surface area (Å²) in [5.74, 6) is 0.914. The zero-order chi connectivity index (χ0) is 19.2. The van der Waals surface area contributed by atoms with Crippen LogP contribution in [0.2, 0.25) is 0 Å². The Morgan fingerprint density at radius 2 is 2.15 bits per heavy atom. The molecule has 1 aliphatic carbocycles. The van der Waals surface area contributed by atoms with Crippen LogP contribution in [0.5, 0.6) is 0 Å². The van der Waals surface area contributed by atoms with E-state index in [2.05, 4.69) is 22.6 Å². The predicted octanol–water partition coefficient (Wildman–Crippen LogP) is 3.26. The first-order chi connectivity index (χ1) is 13.0. The van der Waals surface area contributed by atoms with E-state index < -0.39 is 5.97 Å². The van der Waals surface area contributed by atoms with E-state index in [1.165, 1.54) is 22.9 Å². The Labute approximate surface area is 163 Å². The van der Waals surface area contributed by atoms with E-state index in [-0.39, 0.29) is 24.3 Å². The van der Waals surface area contributed by atoms with Crippen molar-refractivity contribution in [3.8, 4) is 0 Å². The number of rotatable bonds is 7. The van der Waals surface area contributed by atoms with E-state index in [1.807, 2.05) is 26.0 Å². The van der Waals surface area contributed by atoms with Gasteiger partial charge in [0.2, 0.25) is 0 Å². The third kappa shape index (κ3) is 5.13. The van der Waals surface area contributed by atoms with Crippen LogP contribution < -0.4 is 5.32 Å². The summed E-state index contributed by atoms with van der Waals surface area (Å²) in [6.45, 7) is 3.48. The number of nitrogens with zero attached hydrogens (tertiary/aromatic N) is 1. The summed E-state index contributed by atoms with van der Waals surface area (Å²) in [4.78, 5) is 24.0. The number of benzene rings is 1. The number of carbonyl (C=O) groups is 2. The third-order valence-corrected chi connectivity index (χ3v) is 5.65. The number of thioether (sulfide) groups is 1. The molecule has 144 valence electrons. The number of ether oxygens (including phenoxy) is 1. The number of fused-ring (bicyclic) bond motifs is 1. The highest BCUT2D eigenvalue weighted by atomic mass is 32.2. The highest BCUT2D eigenvalue weighted by molar-refractivity contribution is 7.99. The molecule has 0 saturated carbocycles. The summed E-state index contributed by atoms with van der Waals surface area (Å²) < 4.78 is 10.2. The SMILES string of the molecule is Cc1noc(C)c1CSCC(=O)OCC(=O)N[C@@H]1CCCc2ccccc21. The highest BCUT2D eigenvalue weighted by Gasteiger charge is 2.21. The predicted molar refractivity (Wildman–Crippen MR) is 103 cm³/mol.